The molecule has 1 heterocycles. The highest BCUT2D eigenvalue weighted by atomic mass is 32.1. The first-order chi connectivity index (χ1) is 12.4. The molecular formula is C18H19N3O4S. The number of benzene rings is 1. The highest BCUT2D eigenvalue weighted by molar-refractivity contribution is 7.09. The quantitative estimate of drug-likeness (QED) is 0.691. The van der Waals surface area contributed by atoms with E-state index in [0.717, 1.165) is 6.42 Å². The number of carboxylic acid groups (broad SMARTS) is 1. The van der Waals surface area contributed by atoms with Gasteiger partial charge in [-0.3, -0.25) is 9.59 Å². The normalized spacial score (nSPS) is 18.2. The number of amides is 2. The summed E-state index contributed by atoms with van der Waals surface area (Å²) in [6.45, 7) is 2.41. The van der Waals surface area contributed by atoms with Crippen LogP contribution in [0.1, 0.15) is 39.2 Å². The predicted octanol–water partition coefficient (Wildman–Crippen LogP) is 2.41. The summed E-state index contributed by atoms with van der Waals surface area (Å²) in [5.41, 5.74) is 1.19. The van der Waals surface area contributed by atoms with Crippen LogP contribution >= 0.6 is 11.3 Å². The van der Waals surface area contributed by atoms with Crippen molar-refractivity contribution >= 4 is 34.8 Å². The first kappa shape index (κ1) is 18.1. The molecule has 1 aliphatic rings. The fraction of sp³-hybridized carbons (Fsp3) is 0.333. The monoisotopic (exact) mass is 373 g/mol. The van der Waals surface area contributed by atoms with Crippen LogP contribution in [0, 0.1) is 11.8 Å². The first-order valence-corrected chi connectivity index (χ1v) is 9.19. The maximum absolute atomic E-state index is 12.1. The number of hydrogen-bond donors (Lipinski definition) is 3. The molecule has 1 aromatic heterocycles. The number of anilines is 1. The number of aromatic carboxylic acids is 1. The summed E-state index contributed by atoms with van der Waals surface area (Å²) in [6, 6.07) is 6.74. The van der Waals surface area contributed by atoms with Crippen molar-refractivity contribution in [2.45, 2.75) is 19.8 Å². The van der Waals surface area contributed by atoms with E-state index in [1.165, 1.54) is 16.7 Å². The number of nitrogens with one attached hydrogen (secondary N) is 2. The Kier molecular flexibility index (Phi) is 5.32. The van der Waals surface area contributed by atoms with Crippen molar-refractivity contribution in [1.82, 2.24) is 10.3 Å². The van der Waals surface area contributed by atoms with Crippen LogP contribution in [0.25, 0.3) is 0 Å². The van der Waals surface area contributed by atoms with Crippen molar-refractivity contribution in [3.8, 4) is 0 Å². The second kappa shape index (κ2) is 7.65. The van der Waals surface area contributed by atoms with Gasteiger partial charge < -0.3 is 15.7 Å². The van der Waals surface area contributed by atoms with Gasteiger partial charge in [0.15, 0.2) is 5.69 Å². The third-order valence-corrected chi connectivity index (χ3v) is 5.16. The van der Waals surface area contributed by atoms with Crippen LogP contribution < -0.4 is 10.6 Å². The second-order valence-electron chi connectivity index (χ2n) is 6.32. The van der Waals surface area contributed by atoms with E-state index in [2.05, 4.69) is 15.6 Å². The van der Waals surface area contributed by atoms with Gasteiger partial charge in [0, 0.05) is 35.5 Å². The van der Waals surface area contributed by atoms with Crippen molar-refractivity contribution in [3.05, 3.63) is 45.9 Å². The zero-order valence-corrected chi connectivity index (χ0v) is 15.0. The molecule has 8 heteroatoms. The standard InChI is InChI=1S/C18H19N3O4S/c1-10-8-13(10)17(23)20-12-4-2-11(3-5-12)16(22)19-7-6-15-21-14(9-26-15)18(24)25/h2-5,9-10,13H,6-8H2,1H3,(H,19,22)(H,20,23)(H,24,25). The van der Waals surface area contributed by atoms with E-state index in [0.29, 0.717) is 35.1 Å². The average molecular weight is 373 g/mol. The average Bonchev–Trinajstić information content (AvgIpc) is 3.16. The molecule has 2 unspecified atom stereocenters. The van der Waals surface area contributed by atoms with E-state index in [1.54, 1.807) is 24.3 Å². The Morgan fingerprint density at radius 2 is 1.96 bits per heavy atom. The highest BCUT2D eigenvalue weighted by Crippen LogP contribution is 2.38. The molecule has 3 rings (SSSR count). The summed E-state index contributed by atoms with van der Waals surface area (Å²) in [5, 5.41) is 16.6. The van der Waals surface area contributed by atoms with Crippen LogP contribution in [0.4, 0.5) is 5.69 Å². The zero-order chi connectivity index (χ0) is 18.7. The van der Waals surface area contributed by atoms with Crippen LogP contribution in [-0.2, 0) is 11.2 Å². The van der Waals surface area contributed by atoms with E-state index in [9.17, 15) is 14.4 Å². The molecular weight excluding hydrogens is 354 g/mol. The smallest absolute Gasteiger partial charge is 0.355 e. The SMILES string of the molecule is CC1CC1C(=O)Nc1ccc(C(=O)NCCc2nc(C(=O)O)cs2)cc1. The molecule has 2 atom stereocenters. The summed E-state index contributed by atoms with van der Waals surface area (Å²) in [7, 11) is 0. The third-order valence-electron chi connectivity index (χ3n) is 4.26. The van der Waals surface area contributed by atoms with Crippen LogP contribution in [0.3, 0.4) is 0 Å². The highest BCUT2D eigenvalue weighted by Gasteiger charge is 2.39. The Labute approximate surface area is 154 Å². The van der Waals surface area contributed by atoms with Crippen LogP contribution in [0.5, 0.6) is 0 Å². The fourth-order valence-electron chi connectivity index (χ4n) is 2.54. The third kappa shape index (κ3) is 4.45. The minimum atomic E-state index is -1.06. The summed E-state index contributed by atoms with van der Waals surface area (Å²) in [4.78, 5) is 38.8. The van der Waals surface area contributed by atoms with Crippen molar-refractivity contribution in [1.29, 1.82) is 0 Å². The Balaban J connectivity index is 1.46. The van der Waals surface area contributed by atoms with Crippen LogP contribution in [-0.4, -0.2) is 34.4 Å². The van der Waals surface area contributed by atoms with Crippen molar-refractivity contribution in [2.24, 2.45) is 11.8 Å². The molecule has 136 valence electrons. The van der Waals surface area contributed by atoms with Gasteiger partial charge in [-0.2, -0.15) is 0 Å². The number of carboxylic acids is 1. The van der Waals surface area contributed by atoms with E-state index in [1.807, 2.05) is 6.92 Å². The number of hydrogen-bond acceptors (Lipinski definition) is 5. The van der Waals surface area contributed by atoms with Crippen molar-refractivity contribution < 1.29 is 19.5 Å². The largest absolute Gasteiger partial charge is 0.476 e. The van der Waals surface area contributed by atoms with Gasteiger partial charge in [0.25, 0.3) is 5.91 Å². The maximum Gasteiger partial charge on any atom is 0.355 e. The van der Waals surface area contributed by atoms with Gasteiger partial charge in [-0.1, -0.05) is 6.92 Å². The van der Waals surface area contributed by atoms with E-state index in [-0.39, 0.29) is 23.4 Å². The molecule has 3 N–H and O–H groups in total. The van der Waals surface area contributed by atoms with Gasteiger partial charge in [-0.15, -0.1) is 11.3 Å². The maximum atomic E-state index is 12.1. The van der Waals surface area contributed by atoms with Gasteiger partial charge >= 0.3 is 5.97 Å². The lowest BCUT2D eigenvalue weighted by Gasteiger charge is -2.07. The van der Waals surface area contributed by atoms with Gasteiger partial charge in [-0.25, -0.2) is 9.78 Å². The molecule has 0 bridgehead atoms. The first-order valence-electron chi connectivity index (χ1n) is 8.31. The van der Waals surface area contributed by atoms with Gasteiger partial charge in [-0.05, 0) is 36.6 Å². The number of carbonyl (C=O) groups excluding carboxylic acids is 2. The van der Waals surface area contributed by atoms with Gasteiger partial charge in [0.1, 0.15) is 0 Å². The predicted molar refractivity (Wildman–Crippen MR) is 97.5 cm³/mol. The molecule has 1 saturated carbocycles. The molecule has 7 nitrogen and oxygen atoms in total. The Morgan fingerprint density at radius 1 is 1.27 bits per heavy atom. The lowest BCUT2D eigenvalue weighted by atomic mass is 10.2. The van der Waals surface area contributed by atoms with Crippen molar-refractivity contribution in [3.63, 3.8) is 0 Å². The molecule has 0 radical (unpaired) electrons. The summed E-state index contributed by atoms with van der Waals surface area (Å²) >= 11 is 1.26. The Bertz CT molecular complexity index is 831. The summed E-state index contributed by atoms with van der Waals surface area (Å²) in [5.74, 6) is -0.706. The van der Waals surface area contributed by atoms with Crippen LogP contribution in [0.2, 0.25) is 0 Å². The number of aromatic nitrogens is 1. The van der Waals surface area contributed by atoms with E-state index in [4.69, 9.17) is 5.11 Å². The lowest BCUT2D eigenvalue weighted by Crippen LogP contribution is -2.25. The molecule has 26 heavy (non-hydrogen) atoms. The number of carbonyl (C=O) groups is 3. The molecule has 0 aliphatic heterocycles. The minimum absolute atomic E-state index is 0.0227. The fourth-order valence-corrected chi connectivity index (χ4v) is 3.31. The molecule has 0 spiro atoms. The number of thiazole rings is 1. The summed E-state index contributed by atoms with van der Waals surface area (Å²) in [6.07, 6.45) is 1.40. The van der Waals surface area contributed by atoms with Gasteiger partial charge in [0.2, 0.25) is 5.91 Å². The van der Waals surface area contributed by atoms with Crippen molar-refractivity contribution in [2.75, 3.05) is 11.9 Å². The zero-order valence-electron chi connectivity index (χ0n) is 14.2. The molecule has 1 aliphatic carbocycles. The minimum Gasteiger partial charge on any atom is -0.476 e. The number of nitrogens with zero attached hydrogens (tertiary/aromatic N) is 1. The van der Waals surface area contributed by atoms with E-state index < -0.39 is 5.97 Å². The van der Waals surface area contributed by atoms with E-state index >= 15 is 0 Å². The molecule has 2 amide bonds. The Hall–Kier alpha value is -2.74. The second-order valence-corrected chi connectivity index (χ2v) is 7.27. The molecule has 1 aromatic carbocycles. The molecule has 0 saturated heterocycles. The Morgan fingerprint density at radius 3 is 2.54 bits per heavy atom. The lowest BCUT2D eigenvalue weighted by molar-refractivity contribution is -0.117. The van der Waals surface area contributed by atoms with Gasteiger partial charge in [0.05, 0.1) is 5.01 Å². The number of rotatable bonds is 7. The van der Waals surface area contributed by atoms with Crippen LogP contribution in [0.15, 0.2) is 29.6 Å². The molecule has 2 aromatic rings. The topological polar surface area (TPSA) is 108 Å². The summed E-state index contributed by atoms with van der Waals surface area (Å²) < 4.78 is 0. The molecule has 1 fully saturated rings.